The van der Waals surface area contributed by atoms with Crippen LogP contribution in [0.1, 0.15) is 57.0 Å². The lowest BCUT2D eigenvalue weighted by molar-refractivity contribution is -0.221. The highest BCUT2D eigenvalue weighted by Gasteiger charge is 2.78. The van der Waals surface area contributed by atoms with E-state index >= 15 is 8.78 Å². The highest BCUT2D eigenvalue weighted by Crippen LogP contribution is 2.72. The van der Waals surface area contributed by atoms with E-state index in [4.69, 9.17) is 13.9 Å². The molecule has 1 aromatic heterocycles. The van der Waals surface area contributed by atoms with E-state index in [1.807, 2.05) is 0 Å². The van der Waals surface area contributed by atoms with Crippen molar-refractivity contribution >= 4 is 40.6 Å². The van der Waals surface area contributed by atoms with Crippen LogP contribution in [0, 0.1) is 40.4 Å². The van der Waals surface area contributed by atoms with Gasteiger partial charge in [0.05, 0.1) is 25.2 Å². The molecule has 0 unspecified atom stereocenters. The number of halogens is 2. The Morgan fingerprint density at radius 1 is 1.15 bits per heavy atom. The maximum atomic E-state index is 17.7. The van der Waals surface area contributed by atoms with Crippen LogP contribution in [0.2, 0.25) is 0 Å². The molecule has 0 bridgehead atoms. The molecule has 0 radical (unpaired) electrons. The van der Waals surface area contributed by atoms with E-state index in [-0.39, 0.29) is 43.0 Å². The van der Waals surface area contributed by atoms with Crippen LogP contribution >= 0.6 is 11.8 Å². The smallest absolute Gasteiger partial charge is 0.375 e. The molecule has 0 spiro atoms. The van der Waals surface area contributed by atoms with Crippen molar-refractivity contribution in [2.24, 2.45) is 28.6 Å². The molecule has 4 aliphatic rings. The monoisotopic (exact) mass is 674 g/mol. The molecule has 1 N–H and O–H groups in total. The number of aliphatic hydroxyl groups excluding tert-OH is 1. The molecule has 3 fully saturated rings. The number of alkyl halides is 2. The fourth-order valence-corrected chi connectivity index (χ4v) is 9.47. The number of fused-ring (bicyclic) bond motifs is 5. The predicted molar refractivity (Wildman–Crippen MR) is 163 cm³/mol. The number of methoxy groups -OCH3 is 1. The van der Waals surface area contributed by atoms with E-state index in [0.717, 1.165) is 24.9 Å². The Hall–Kier alpha value is -3.76. The van der Waals surface area contributed by atoms with Crippen molar-refractivity contribution in [3.05, 3.63) is 48.0 Å². The molecule has 9 atom stereocenters. The summed E-state index contributed by atoms with van der Waals surface area (Å²) >= 11 is 0.749. The molecular formula is C34H36F2O10S. The van der Waals surface area contributed by atoms with Gasteiger partial charge in [0, 0.05) is 22.7 Å². The quantitative estimate of drug-likeness (QED) is 0.193. The fourth-order valence-electron chi connectivity index (χ4n) is 8.48. The first kappa shape index (κ1) is 34.6. The summed E-state index contributed by atoms with van der Waals surface area (Å²) < 4.78 is 54.2. The summed E-state index contributed by atoms with van der Waals surface area (Å²) in [6.45, 7) is 4.52. The zero-order chi connectivity index (χ0) is 34.4. The lowest BCUT2D eigenvalue weighted by Gasteiger charge is -2.63. The van der Waals surface area contributed by atoms with Gasteiger partial charge in [0.25, 0.3) is 0 Å². The molecule has 0 saturated heterocycles. The van der Waals surface area contributed by atoms with Crippen LogP contribution in [0.4, 0.5) is 8.78 Å². The zero-order valence-electron chi connectivity index (χ0n) is 26.4. The van der Waals surface area contributed by atoms with E-state index < -0.39 is 87.4 Å². The fraction of sp³-hybridized carbons (Fsp3) is 0.559. The number of carbonyl (C=O) groups is 5. The predicted octanol–water partition coefficient (Wildman–Crippen LogP) is 4.11. The third-order valence-corrected chi connectivity index (χ3v) is 11.5. The Labute approximate surface area is 274 Å². The molecular weight excluding hydrogens is 638 g/mol. The average molecular weight is 675 g/mol. The molecule has 4 aliphatic carbocycles. The summed E-state index contributed by atoms with van der Waals surface area (Å²) in [5, 5.41) is 11.1. The highest BCUT2D eigenvalue weighted by molar-refractivity contribution is 8.14. The Morgan fingerprint density at radius 3 is 2.57 bits per heavy atom. The van der Waals surface area contributed by atoms with Crippen LogP contribution < -0.4 is 0 Å². The first-order valence-electron chi connectivity index (χ1n) is 15.2. The summed E-state index contributed by atoms with van der Waals surface area (Å²) in [6, 6.07) is 2.86. The van der Waals surface area contributed by atoms with Crippen LogP contribution in [-0.2, 0) is 33.4 Å². The topological polar surface area (TPSA) is 146 Å². The van der Waals surface area contributed by atoms with Crippen molar-refractivity contribution < 1.29 is 56.5 Å². The lowest BCUT2D eigenvalue weighted by Crippen LogP contribution is -2.70. The zero-order valence-corrected chi connectivity index (χ0v) is 27.2. The summed E-state index contributed by atoms with van der Waals surface area (Å²) in [7, 11) is 1.13. The van der Waals surface area contributed by atoms with Crippen LogP contribution in [0.15, 0.2) is 46.6 Å². The maximum Gasteiger partial charge on any atom is 0.375 e. The van der Waals surface area contributed by atoms with Crippen molar-refractivity contribution in [2.75, 3.05) is 19.5 Å². The van der Waals surface area contributed by atoms with Crippen LogP contribution in [0.25, 0.3) is 0 Å². The molecule has 0 aliphatic heterocycles. The molecule has 10 nitrogen and oxygen atoms in total. The number of aliphatic hydroxyl groups is 1. The second kappa shape index (κ2) is 12.7. The molecule has 252 valence electrons. The van der Waals surface area contributed by atoms with Crippen LogP contribution in [-0.4, -0.2) is 76.9 Å². The van der Waals surface area contributed by atoms with Gasteiger partial charge in [-0.1, -0.05) is 43.5 Å². The number of ether oxygens (including phenoxy) is 3. The summed E-state index contributed by atoms with van der Waals surface area (Å²) in [5.41, 5.74) is -7.26. The number of esters is 3. The molecule has 1 aromatic rings. The molecule has 1 heterocycles. The van der Waals surface area contributed by atoms with Crippen LogP contribution in [0.5, 0.6) is 0 Å². The second-order valence-corrected chi connectivity index (χ2v) is 13.9. The number of ketones is 1. The lowest BCUT2D eigenvalue weighted by atomic mass is 9.44. The van der Waals surface area contributed by atoms with Gasteiger partial charge < -0.3 is 23.7 Å². The third kappa shape index (κ3) is 5.43. The number of rotatable bonds is 7. The summed E-state index contributed by atoms with van der Waals surface area (Å²) in [6.07, 6.45) is 0.512. The molecule has 0 amide bonds. The standard InChI is InChI=1S/C34H36F2O10S/c1-19-14-21-22-16-24(35)23-15-20(37)9-10-31(23,2)33(22,36)26(38)18-32(21,3)34(19,46-29(41)25-8-7-12-44-25)30(42)47-13-6-5-11-45-28(40)17-27(39)43-4/h7-10,12,15,19,21-22,24,26,38H,11,13-14,16-18H2,1-4H3/t19-,21+,22+,24+,26+,31+,32+,33+,34+/m1/s1. The van der Waals surface area contributed by atoms with E-state index in [0.29, 0.717) is 0 Å². The Bertz CT molecular complexity index is 1590. The van der Waals surface area contributed by atoms with Crippen molar-refractivity contribution in [3.8, 4) is 11.8 Å². The van der Waals surface area contributed by atoms with Crippen molar-refractivity contribution in [3.63, 3.8) is 0 Å². The highest BCUT2D eigenvalue weighted by atomic mass is 32.2. The van der Waals surface area contributed by atoms with Crippen molar-refractivity contribution in [1.82, 2.24) is 0 Å². The van der Waals surface area contributed by atoms with Gasteiger partial charge in [0.2, 0.25) is 10.9 Å². The third-order valence-electron chi connectivity index (χ3n) is 10.7. The normalized spacial score (nSPS) is 36.9. The molecule has 5 rings (SSSR count). The minimum Gasteiger partial charge on any atom is -0.469 e. The Kier molecular flexibility index (Phi) is 9.33. The average Bonchev–Trinajstić information content (AvgIpc) is 3.64. The molecule has 13 heteroatoms. The van der Waals surface area contributed by atoms with Gasteiger partial charge in [0.15, 0.2) is 23.7 Å². The van der Waals surface area contributed by atoms with E-state index in [1.54, 1.807) is 13.8 Å². The Morgan fingerprint density at radius 2 is 1.89 bits per heavy atom. The number of thioether (sulfide) groups is 1. The molecule has 3 saturated carbocycles. The van der Waals surface area contributed by atoms with Gasteiger partial charge >= 0.3 is 17.9 Å². The number of furan rings is 1. The number of carbonyl (C=O) groups excluding carboxylic acids is 5. The SMILES string of the molecule is COC(=O)CC(=O)OCC#CCSC(=O)[C@@]1(OC(=O)c2ccco2)[C@H](C)C[C@H]2[C@@H]3C[C@H](F)C4=CC(=O)C=C[C@]4(C)[C@@]3(F)[C@@H](O)C[C@@]21C. The van der Waals surface area contributed by atoms with Crippen molar-refractivity contribution in [2.45, 2.75) is 70.0 Å². The summed E-state index contributed by atoms with van der Waals surface area (Å²) in [4.78, 5) is 62.8. The van der Waals surface area contributed by atoms with Gasteiger partial charge in [-0.2, -0.15) is 0 Å². The van der Waals surface area contributed by atoms with Gasteiger partial charge in [0.1, 0.15) is 12.6 Å². The second-order valence-electron chi connectivity index (χ2n) is 12.9. The largest absolute Gasteiger partial charge is 0.469 e. The van der Waals surface area contributed by atoms with Crippen molar-refractivity contribution in [1.29, 1.82) is 0 Å². The first-order valence-corrected chi connectivity index (χ1v) is 16.2. The van der Waals surface area contributed by atoms with Gasteiger partial charge in [-0.05, 0) is 62.0 Å². The van der Waals surface area contributed by atoms with E-state index in [1.165, 1.54) is 37.5 Å². The number of allylic oxidation sites excluding steroid dienone is 4. The Balaban J connectivity index is 1.46. The maximum absolute atomic E-state index is 17.7. The van der Waals surface area contributed by atoms with Crippen LogP contribution in [0.3, 0.4) is 0 Å². The first-order chi connectivity index (χ1) is 22.2. The van der Waals surface area contributed by atoms with E-state index in [2.05, 4.69) is 16.6 Å². The number of hydrogen-bond acceptors (Lipinski definition) is 11. The minimum atomic E-state index is -2.38. The molecule has 47 heavy (non-hydrogen) atoms. The van der Waals surface area contributed by atoms with Gasteiger partial charge in [-0.3, -0.25) is 19.2 Å². The molecule has 0 aromatic carbocycles. The van der Waals surface area contributed by atoms with Gasteiger partial charge in [-0.25, -0.2) is 13.6 Å². The minimum absolute atomic E-state index is 0.0193. The van der Waals surface area contributed by atoms with Gasteiger partial charge in [-0.15, -0.1) is 0 Å². The van der Waals surface area contributed by atoms with E-state index in [9.17, 15) is 29.1 Å². The summed E-state index contributed by atoms with van der Waals surface area (Å²) in [5.74, 6) is -0.430. The number of hydrogen-bond donors (Lipinski definition) is 1.